The summed E-state index contributed by atoms with van der Waals surface area (Å²) in [6, 6.07) is 14.1. The Labute approximate surface area is 237 Å². The molecule has 202 valence electrons. The normalized spacial score (nSPS) is 12.1. The topological polar surface area (TPSA) is 77.2 Å². The number of aliphatic carboxylic acids is 1. The average molecular weight is 562 g/mol. The van der Waals surface area contributed by atoms with Crippen LogP contribution in [0.15, 0.2) is 42.5 Å². The van der Waals surface area contributed by atoms with Crippen LogP contribution in [-0.2, 0) is 11.2 Å². The first kappa shape index (κ1) is 27.2. The van der Waals surface area contributed by atoms with Crippen LogP contribution in [0.4, 0.5) is 0 Å². The molecule has 5 rings (SSSR count). The van der Waals surface area contributed by atoms with Gasteiger partial charge in [-0.25, -0.2) is 9.97 Å². The molecule has 1 N–H and O–H groups in total. The number of thiazole rings is 1. The van der Waals surface area contributed by atoms with Gasteiger partial charge in [-0.2, -0.15) is 0 Å². The third-order valence-electron chi connectivity index (χ3n) is 6.60. The molecule has 2 heterocycles. The third kappa shape index (κ3) is 5.25. The Morgan fingerprint density at radius 1 is 1.08 bits per heavy atom. The average Bonchev–Trinajstić information content (AvgIpc) is 3.38. The van der Waals surface area contributed by atoms with Crippen LogP contribution in [0.25, 0.3) is 42.9 Å². The highest BCUT2D eigenvalue weighted by Gasteiger charge is 2.24. The highest BCUT2D eigenvalue weighted by molar-refractivity contribution is 7.22. The summed E-state index contributed by atoms with van der Waals surface area (Å²) in [5.74, 6) is 0.698. The summed E-state index contributed by atoms with van der Waals surface area (Å²) in [5, 5.41) is 11.2. The van der Waals surface area contributed by atoms with Crippen LogP contribution in [0.1, 0.15) is 57.6 Å². The van der Waals surface area contributed by atoms with E-state index in [-0.39, 0.29) is 6.42 Å². The second-order valence-corrected chi connectivity index (χ2v) is 12.6. The predicted octanol–water partition coefficient (Wildman–Crippen LogP) is 8.64. The zero-order chi connectivity index (χ0) is 28.2. The molecule has 0 radical (unpaired) electrons. The monoisotopic (exact) mass is 561 g/mol. The van der Waals surface area contributed by atoms with E-state index in [1.54, 1.807) is 17.4 Å². The molecular weight excluding hydrogens is 530 g/mol. The van der Waals surface area contributed by atoms with Gasteiger partial charge in [-0.15, -0.1) is 11.3 Å². The van der Waals surface area contributed by atoms with Crippen LogP contribution < -0.4 is 4.74 Å². The van der Waals surface area contributed by atoms with E-state index in [1.165, 1.54) is 0 Å². The van der Waals surface area contributed by atoms with Gasteiger partial charge in [-0.3, -0.25) is 4.79 Å². The molecular formula is C31H32ClN3O3S. The Morgan fingerprint density at radius 3 is 2.49 bits per heavy atom. The summed E-state index contributed by atoms with van der Waals surface area (Å²) in [5.41, 5.74) is 6.59. The summed E-state index contributed by atoms with van der Waals surface area (Å²) in [4.78, 5) is 21.8. The number of ether oxygens (including phenoxy) is 1. The van der Waals surface area contributed by atoms with Crippen molar-refractivity contribution in [1.82, 2.24) is 14.5 Å². The lowest BCUT2D eigenvalue weighted by molar-refractivity contribution is -0.136. The van der Waals surface area contributed by atoms with Crippen molar-refractivity contribution < 1.29 is 14.6 Å². The number of carboxylic acid groups (broad SMARTS) is 1. The quantitative estimate of drug-likeness (QED) is 0.224. The number of rotatable bonds is 6. The Kier molecular flexibility index (Phi) is 6.93. The van der Waals surface area contributed by atoms with Crippen LogP contribution in [0.5, 0.6) is 5.75 Å². The molecule has 2 aromatic heterocycles. The molecule has 0 amide bonds. The number of hydrogen-bond acceptors (Lipinski definition) is 5. The number of aryl methyl sites for hydroxylation is 2. The van der Waals surface area contributed by atoms with Crippen molar-refractivity contribution in [1.29, 1.82) is 0 Å². The van der Waals surface area contributed by atoms with Crippen molar-refractivity contribution in [3.8, 4) is 27.4 Å². The minimum Gasteiger partial charge on any atom is -0.487 e. The van der Waals surface area contributed by atoms with Crippen molar-refractivity contribution in [2.75, 3.05) is 0 Å². The molecule has 0 bridgehead atoms. The molecule has 0 spiro atoms. The summed E-state index contributed by atoms with van der Waals surface area (Å²) in [6.45, 7) is 14.2. The summed E-state index contributed by atoms with van der Waals surface area (Å²) in [7, 11) is 0. The highest BCUT2D eigenvalue weighted by Crippen LogP contribution is 2.45. The molecule has 39 heavy (non-hydrogen) atoms. The number of carboxylic acids is 1. The van der Waals surface area contributed by atoms with Crippen molar-refractivity contribution in [3.05, 3.63) is 64.4 Å². The van der Waals surface area contributed by atoms with Crippen LogP contribution in [0.2, 0.25) is 5.02 Å². The standard InChI is InChI=1S/C31H32ClN3O3S/c1-16(2)35-18(4)33-23-13-19(8-11-25(23)35)30-34-24-12-17(3)22(15-27(36)37)28(29(24)39-30)21-10-9-20(32)14-26(21)38-31(5,6)7/h8-14,16H,15H2,1-7H3,(H,36,37). The largest absolute Gasteiger partial charge is 0.487 e. The fourth-order valence-electron chi connectivity index (χ4n) is 5.14. The van der Waals surface area contributed by atoms with Crippen molar-refractivity contribution in [2.24, 2.45) is 0 Å². The zero-order valence-electron chi connectivity index (χ0n) is 23.2. The number of halogens is 1. The number of carbonyl (C=O) groups is 1. The van der Waals surface area contributed by atoms with E-state index in [4.69, 9.17) is 26.3 Å². The molecule has 5 aromatic rings. The van der Waals surface area contributed by atoms with Crippen LogP contribution >= 0.6 is 22.9 Å². The van der Waals surface area contributed by atoms with Crippen LogP contribution in [0.3, 0.4) is 0 Å². The minimum absolute atomic E-state index is 0.111. The Balaban J connectivity index is 1.76. The van der Waals surface area contributed by atoms with E-state index < -0.39 is 11.6 Å². The van der Waals surface area contributed by atoms with Crippen LogP contribution in [0, 0.1) is 13.8 Å². The number of fused-ring (bicyclic) bond motifs is 2. The molecule has 0 fully saturated rings. The summed E-state index contributed by atoms with van der Waals surface area (Å²) >= 11 is 7.93. The first-order valence-corrected chi connectivity index (χ1v) is 14.1. The Bertz CT molecular complexity index is 1740. The molecule has 0 aliphatic carbocycles. The third-order valence-corrected chi connectivity index (χ3v) is 7.97. The van der Waals surface area contributed by atoms with Gasteiger partial charge in [0.05, 0.1) is 27.7 Å². The van der Waals surface area contributed by atoms with E-state index in [9.17, 15) is 9.90 Å². The van der Waals surface area contributed by atoms with Gasteiger partial charge >= 0.3 is 5.97 Å². The second-order valence-electron chi connectivity index (χ2n) is 11.2. The maximum Gasteiger partial charge on any atom is 0.307 e. The van der Waals surface area contributed by atoms with Gasteiger partial charge in [0, 0.05) is 27.8 Å². The van der Waals surface area contributed by atoms with Gasteiger partial charge < -0.3 is 14.4 Å². The summed E-state index contributed by atoms with van der Waals surface area (Å²) < 4.78 is 9.48. The SMILES string of the molecule is Cc1cc2nc(-c3ccc4c(c3)nc(C)n4C(C)C)sc2c(-c2ccc(Cl)cc2OC(C)(C)C)c1CC(=O)O. The van der Waals surface area contributed by atoms with Crippen molar-refractivity contribution in [2.45, 2.75) is 66.5 Å². The molecule has 0 saturated heterocycles. The molecule has 0 aliphatic heterocycles. The summed E-state index contributed by atoms with van der Waals surface area (Å²) in [6.07, 6.45) is -0.111. The number of imidazole rings is 1. The van der Waals surface area contributed by atoms with Gasteiger partial charge in [0.15, 0.2) is 0 Å². The van der Waals surface area contributed by atoms with Gasteiger partial charge in [-0.1, -0.05) is 11.6 Å². The first-order chi connectivity index (χ1) is 18.3. The number of aromatic nitrogens is 3. The van der Waals surface area contributed by atoms with Crippen molar-refractivity contribution in [3.63, 3.8) is 0 Å². The molecule has 8 heteroatoms. The van der Waals surface area contributed by atoms with E-state index in [1.807, 2.05) is 52.8 Å². The van der Waals surface area contributed by atoms with Crippen LogP contribution in [-0.4, -0.2) is 31.2 Å². The molecule has 6 nitrogen and oxygen atoms in total. The fourth-order valence-corrected chi connectivity index (χ4v) is 6.43. The van der Waals surface area contributed by atoms with E-state index in [0.29, 0.717) is 16.8 Å². The lowest BCUT2D eigenvalue weighted by atomic mass is 9.92. The van der Waals surface area contributed by atoms with Gasteiger partial charge in [0.1, 0.15) is 22.2 Å². The lowest BCUT2D eigenvalue weighted by Crippen LogP contribution is -2.23. The minimum atomic E-state index is -0.891. The molecule has 0 unspecified atom stereocenters. The van der Waals surface area contributed by atoms with E-state index >= 15 is 0 Å². The maximum atomic E-state index is 12.0. The lowest BCUT2D eigenvalue weighted by Gasteiger charge is -2.24. The molecule has 0 saturated carbocycles. The Morgan fingerprint density at radius 2 is 1.82 bits per heavy atom. The van der Waals surface area contributed by atoms with Gasteiger partial charge in [0.25, 0.3) is 0 Å². The number of benzene rings is 3. The number of hydrogen-bond donors (Lipinski definition) is 1. The smallest absolute Gasteiger partial charge is 0.307 e. The maximum absolute atomic E-state index is 12.0. The van der Waals surface area contributed by atoms with Gasteiger partial charge in [-0.05, 0) is 102 Å². The second kappa shape index (κ2) is 9.96. The number of nitrogens with zero attached hydrogens (tertiary/aromatic N) is 3. The van der Waals surface area contributed by atoms with E-state index in [0.717, 1.165) is 59.9 Å². The first-order valence-electron chi connectivity index (χ1n) is 12.9. The zero-order valence-corrected chi connectivity index (χ0v) is 24.8. The van der Waals surface area contributed by atoms with Crippen molar-refractivity contribution >= 4 is 50.2 Å². The van der Waals surface area contributed by atoms with E-state index in [2.05, 4.69) is 36.6 Å². The Hall–Kier alpha value is -3.42. The fraction of sp³-hybridized carbons (Fsp3) is 0.323. The van der Waals surface area contributed by atoms with Gasteiger partial charge in [0.2, 0.25) is 0 Å². The molecule has 0 atom stereocenters. The molecule has 3 aromatic carbocycles. The predicted molar refractivity (Wildman–Crippen MR) is 160 cm³/mol. The highest BCUT2D eigenvalue weighted by atomic mass is 35.5. The molecule has 0 aliphatic rings.